The molecule has 3 rings (SSSR count). The molecule has 2 aliphatic rings. The Labute approximate surface area is 134 Å². The maximum absolute atomic E-state index is 14.3. The number of anilines is 1. The summed E-state index contributed by atoms with van der Waals surface area (Å²) in [5.41, 5.74) is 0.0443. The van der Waals surface area contributed by atoms with E-state index in [2.05, 4.69) is 5.32 Å². The van der Waals surface area contributed by atoms with Crippen LogP contribution in [0.3, 0.4) is 0 Å². The van der Waals surface area contributed by atoms with Gasteiger partial charge in [0.05, 0.1) is 23.8 Å². The summed E-state index contributed by atoms with van der Waals surface area (Å²) in [6.07, 6.45) is 4.57. The highest BCUT2D eigenvalue weighted by atomic mass is 19.1. The van der Waals surface area contributed by atoms with Gasteiger partial charge in [-0.05, 0) is 38.1 Å². The molecule has 1 N–H and O–H groups in total. The van der Waals surface area contributed by atoms with Gasteiger partial charge in [0.2, 0.25) is 0 Å². The number of nitrogens with one attached hydrogen (secondary N) is 1. The first-order valence-electron chi connectivity index (χ1n) is 8.08. The van der Waals surface area contributed by atoms with Crippen LogP contribution >= 0.6 is 0 Å². The number of hydrogen-bond donors (Lipinski definition) is 1. The molecule has 2 fully saturated rings. The molecule has 1 aromatic carbocycles. The van der Waals surface area contributed by atoms with E-state index in [9.17, 15) is 14.5 Å². The fraction of sp³-hybridized carbons (Fsp3) is 0.625. The molecule has 6 nitrogen and oxygen atoms in total. The molecule has 0 bridgehead atoms. The van der Waals surface area contributed by atoms with Crippen molar-refractivity contribution in [3.63, 3.8) is 0 Å². The predicted molar refractivity (Wildman–Crippen MR) is 85.6 cm³/mol. The lowest BCUT2D eigenvalue weighted by molar-refractivity contribution is -0.385. The summed E-state index contributed by atoms with van der Waals surface area (Å²) < 4.78 is 19.3. The van der Waals surface area contributed by atoms with E-state index in [1.165, 1.54) is 26.0 Å². The maximum atomic E-state index is 14.3. The average Bonchev–Trinajstić information content (AvgIpc) is 3.37. The van der Waals surface area contributed by atoms with E-state index in [1.54, 1.807) is 0 Å². The zero-order chi connectivity index (χ0) is 16.4. The molecule has 1 aliphatic heterocycles. The van der Waals surface area contributed by atoms with E-state index in [-0.39, 0.29) is 11.4 Å². The number of nitrogens with zero attached hydrogens (tertiary/aromatic N) is 2. The highest BCUT2D eigenvalue weighted by Gasteiger charge is 2.27. The van der Waals surface area contributed by atoms with Gasteiger partial charge in [0, 0.05) is 25.2 Å². The Bertz CT molecular complexity index is 584. The third kappa shape index (κ3) is 3.72. The monoisotopic (exact) mass is 323 g/mol. The van der Waals surface area contributed by atoms with Crippen molar-refractivity contribution in [1.82, 2.24) is 5.32 Å². The molecule has 1 saturated carbocycles. The fourth-order valence-electron chi connectivity index (χ4n) is 3.06. The lowest BCUT2D eigenvalue weighted by Crippen LogP contribution is -2.43. The molecule has 1 aromatic rings. The summed E-state index contributed by atoms with van der Waals surface area (Å²) in [6.45, 7) is 2.56. The first-order valence-corrected chi connectivity index (χ1v) is 8.08. The van der Waals surface area contributed by atoms with E-state index in [1.807, 2.05) is 4.90 Å². The molecule has 1 heterocycles. The van der Waals surface area contributed by atoms with Crippen molar-refractivity contribution in [2.45, 2.75) is 31.7 Å². The second-order valence-electron chi connectivity index (χ2n) is 6.35. The molecule has 0 amide bonds. The van der Waals surface area contributed by atoms with Crippen molar-refractivity contribution in [2.75, 3.05) is 31.6 Å². The Balaban J connectivity index is 1.66. The van der Waals surface area contributed by atoms with Crippen LogP contribution in [0.15, 0.2) is 12.1 Å². The number of hydrogen-bond acceptors (Lipinski definition) is 5. The van der Waals surface area contributed by atoms with E-state index in [0.717, 1.165) is 44.5 Å². The maximum Gasteiger partial charge on any atom is 0.313 e. The van der Waals surface area contributed by atoms with Gasteiger partial charge in [-0.3, -0.25) is 10.1 Å². The average molecular weight is 323 g/mol. The van der Waals surface area contributed by atoms with Gasteiger partial charge >= 0.3 is 5.69 Å². The highest BCUT2D eigenvalue weighted by Crippen LogP contribution is 2.35. The summed E-state index contributed by atoms with van der Waals surface area (Å²) in [5, 5.41) is 14.5. The van der Waals surface area contributed by atoms with Crippen molar-refractivity contribution in [2.24, 2.45) is 5.92 Å². The van der Waals surface area contributed by atoms with Gasteiger partial charge < -0.3 is 15.0 Å². The SMILES string of the molecule is COc1cc(N2CCC(NCC3CC3)CC2)c(F)cc1[N+](=O)[O-]. The van der Waals surface area contributed by atoms with Crippen LogP contribution in [-0.2, 0) is 0 Å². The molecule has 1 aliphatic carbocycles. The first-order chi connectivity index (χ1) is 11.1. The van der Waals surface area contributed by atoms with Gasteiger partial charge in [0.25, 0.3) is 0 Å². The van der Waals surface area contributed by atoms with E-state index in [0.29, 0.717) is 11.7 Å². The molecule has 0 radical (unpaired) electrons. The number of rotatable bonds is 6. The molecule has 0 atom stereocenters. The number of ether oxygens (including phenoxy) is 1. The highest BCUT2D eigenvalue weighted by molar-refractivity contribution is 5.60. The number of halogens is 1. The van der Waals surface area contributed by atoms with Crippen LogP contribution in [0.4, 0.5) is 15.8 Å². The molecule has 0 aromatic heterocycles. The fourth-order valence-corrected chi connectivity index (χ4v) is 3.06. The zero-order valence-electron chi connectivity index (χ0n) is 13.3. The predicted octanol–water partition coefficient (Wildman–Crippen LogP) is 2.71. The standard InChI is InChI=1S/C16H22FN3O3/c1-23-16-9-14(13(17)8-15(16)20(21)22)19-6-4-12(5-7-19)18-10-11-2-3-11/h8-9,11-12,18H,2-7,10H2,1H3. The van der Waals surface area contributed by atoms with E-state index < -0.39 is 10.7 Å². The van der Waals surface area contributed by atoms with Crippen molar-refractivity contribution >= 4 is 11.4 Å². The van der Waals surface area contributed by atoms with Gasteiger partial charge in [-0.25, -0.2) is 4.39 Å². The van der Waals surface area contributed by atoms with Gasteiger partial charge in [-0.15, -0.1) is 0 Å². The molecule has 0 spiro atoms. The normalized spacial score (nSPS) is 19.0. The van der Waals surface area contributed by atoms with Crippen LogP contribution in [0.25, 0.3) is 0 Å². The van der Waals surface area contributed by atoms with Crippen LogP contribution in [0.2, 0.25) is 0 Å². The van der Waals surface area contributed by atoms with Crippen LogP contribution < -0.4 is 15.0 Å². The summed E-state index contributed by atoms with van der Waals surface area (Å²) in [6, 6.07) is 2.87. The summed E-state index contributed by atoms with van der Waals surface area (Å²) in [7, 11) is 1.36. The molecule has 0 unspecified atom stereocenters. The van der Waals surface area contributed by atoms with Crippen molar-refractivity contribution < 1.29 is 14.1 Å². The molecule has 1 saturated heterocycles. The summed E-state index contributed by atoms with van der Waals surface area (Å²) >= 11 is 0. The van der Waals surface area contributed by atoms with Crippen molar-refractivity contribution in [3.05, 3.63) is 28.1 Å². The number of nitro benzene ring substituents is 1. The first kappa shape index (κ1) is 16.0. The van der Waals surface area contributed by atoms with Gasteiger partial charge in [0.1, 0.15) is 0 Å². The largest absolute Gasteiger partial charge is 0.490 e. The molecular weight excluding hydrogens is 301 g/mol. The topological polar surface area (TPSA) is 67.6 Å². The van der Waals surface area contributed by atoms with Gasteiger partial charge in [0.15, 0.2) is 11.6 Å². The number of benzene rings is 1. The third-order valence-corrected chi connectivity index (χ3v) is 4.67. The van der Waals surface area contributed by atoms with Gasteiger partial charge in [-0.2, -0.15) is 0 Å². The number of nitro groups is 1. The van der Waals surface area contributed by atoms with Crippen LogP contribution in [0.5, 0.6) is 5.75 Å². The second kappa shape index (κ2) is 6.70. The second-order valence-corrected chi connectivity index (χ2v) is 6.35. The minimum absolute atomic E-state index is 0.0976. The minimum Gasteiger partial charge on any atom is -0.490 e. The lowest BCUT2D eigenvalue weighted by atomic mass is 10.0. The number of methoxy groups -OCH3 is 1. The zero-order valence-corrected chi connectivity index (χ0v) is 13.3. The Hall–Kier alpha value is -1.89. The number of piperidine rings is 1. The Kier molecular flexibility index (Phi) is 4.66. The lowest BCUT2D eigenvalue weighted by Gasteiger charge is -2.34. The van der Waals surface area contributed by atoms with Crippen molar-refractivity contribution in [3.8, 4) is 5.75 Å². The van der Waals surface area contributed by atoms with E-state index >= 15 is 0 Å². The smallest absolute Gasteiger partial charge is 0.313 e. The quantitative estimate of drug-likeness (QED) is 0.644. The van der Waals surface area contributed by atoms with Crippen LogP contribution in [-0.4, -0.2) is 37.7 Å². The summed E-state index contributed by atoms with van der Waals surface area (Å²) in [5.74, 6) is 0.381. The van der Waals surface area contributed by atoms with Crippen LogP contribution in [0, 0.1) is 21.8 Å². The minimum atomic E-state index is -0.625. The Morgan fingerprint density at radius 1 is 1.35 bits per heavy atom. The Morgan fingerprint density at radius 2 is 2.04 bits per heavy atom. The van der Waals surface area contributed by atoms with Gasteiger partial charge in [-0.1, -0.05) is 0 Å². The van der Waals surface area contributed by atoms with Crippen LogP contribution in [0.1, 0.15) is 25.7 Å². The van der Waals surface area contributed by atoms with E-state index in [4.69, 9.17) is 4.74 Å². The summed E-state index contributed by atoms with van der Waals surface area (Å²) in [4.78, 5) is 12.2. The molecule has 23 heavy (non-hydrogen) atoms. The molecule has 126 valence electrons. The molecular formula is C16H22FN3O3. The Morgan fingerprint density at radius 3 is 2.61 bits per heavy atom. The third-order valence-electron chi connectivity index (χ3n) is 4.67. The molecule has 7 heteroatoms. The van der Waals surface area contributed by atoms with Crippen molar-refractivity contribution in [1.29, 1.82) is 0 Å².